The maximum Gasteiger partial charge on any atom is 0.316 e. The molecule has 196 valence electrons. The molecule has 2 unspecified atom stereocenters. The molecular weight excluding hydrogens is 509 g/mol. The molecule has 1 aromatic heterocycles. The van der Waals surface area contributed by atoms with Crippen LogP contribution in [0.3, 0.4) is 0 Å². The Bertz CT molecular complexity index is 1470. The summed E-state index contributed by atoms with van der Waals surface area (Å²) >= 11 is 0. The molecule has 1 aliphatic carbocycles. The molecule has 0 saturated carbocycles. The van der Waals surface area contributed by atoms with Gasteiger partial charge in [0.05, 0.1) is 18.1 Å². The number of piperazine rings is 1. The molecule has 2 heterocycles. The maximum absolute atomic E-state index is 15.2. The Morgan fingerprint density at radius 1 is 0.973 bits per heavy atom. The summed E-state index contributed by atoms with van der Waals surface area (Å²) in [5.41, 5.74) is 1.09. The summed E-state index contributed by atoms with van der Waals surface area (Å²) in [7, 11) is -3.39. The lowest BCUT2D eigenvalue weighted by molar-refractivity contribution is 0.0901. The van der Waals surface area contributed by atoms with Crippen LogP contribution in [0.1, 0.15) is 11.1 Å². The average Bonchev–Trinajstić information content (AvgIpc) is 2.84. The Morgan fingerprint density at radius 2 is 1.59 bits per heavy atom. The first-order valence-corrected chi connectivity index (χ1v) is 13.6. The Labute approximate surface area is 211 Å². The highest BCUT2D eigenvalue weighted by atomic mass is 32.2. The zero-order valence-electron chi connectivity index (χ0n) is 20.0. The van der Waals surface area contributed by atoms with E-state index in [-0.39, 0.29) is 56.1 Å². The zero-order valence-corrected chi connectivity index (χ0v) is 20.8. The van der Waals surface area contributed by atoms with Gasteiger partial charge in [0.25, 0.3) is 0 Å². The van der Waals surface area contributed by atoms with Crippen molar-refractivity contribution in [1.29, 1.82) is 0 Å². The second-order valence-electron chi connectivity index (χ2n) is 9.20. The predicted octanol–water partition coefficient (Wildman–Crippen LogP) is 2.48. The third-order valence-corrected chi connectivity index (χ3v) is 7.99. The molecule has 0 radical (unpaired) electrons. The molecule has 0 amide bonds. The van der Waals surface area contributed by atoms with Gasteiger partial charge in [-0.2, -0.15) is 14.1 Å². The Morgan fingerprint density at radius 3 is 2.22 bits per heavy atom. The highest BCUT2D eigenvalue weighted by molar-refractivity contribution is 7.88. The van der Waals surface area contributed by atoms with E-state index in [2.05, 4.69) is 5.10 Å². The minimum Gasteiger partial charge on any atom is -0.479 e. The van der Waals surface area contributed by atoms with Gasteiger partial charge in [-0.3, -0.25) is 4.79 Å². The lowest BCUT2D eigenvalue weighted by atomic mass is 9.88. The number of aromatic nitrogens is 2. The number of ether oxygens (including phenoxy) is 1. The van der Waals surface area contributed by atoms with Crippen LogP contribution in [0.2, 0.25) is 0 Å². The number of hydrogen-bond donors (Lipinski definition) is 0. The van der Waals surface area contributed by atoms with Gasteiger partial charge in [0.15, 0.2) is 0 Å². The second kappa shape index (κ2) is 9.82. The van der Waals surface area contributed by atoms with Gasteiger partial charge in [-0.15, -0.1) is 0 Å². The first kappa shape index (κ1) is 25.3. The molecule has 1 fully saturated rings. The summed E-state index contributed by atoms with van der Waals surface area (Å²) in [4.78, 5) is 15.3. The van der Waals surface area contributed by atoms with Gasteiger partial charge >= 0.3 is 5.56 Å². The molecule has 1 saturated heterocycles. The number of hydrogen-bond acceptors (Lipinski definition) is 6. The third-order valence-electron chi connectivity index (χ3n) is 6.68. The van der Waals surface area contributed by atoms with Crippen molar-refractivity contribution >= 4 is 15.7 Å². The molecule has 2 aliphatic rings. The number of sulfonamides is 1. The number of alkyl halides is 1. The van der Waals surface area contributed by atoms with Gasteiger partial charge in [-0.05, 0) is 23.3 Å². The standard InChI is InChI=1S/C25H25F3N4O4S/c1-37(34,35)31-8-6-30(7-9-31)22-15-29-32(20-13-18(26)12-19(27)14-20)25(33)24(22)36-23-11-17-5-3-2-4-16(17)10-21(23)28/h2-5,12-15,21,23H,6-11H2,1H3. The number of halogens is 3. The van der Waals surface area contributed by atoms with Gasteiger partial charge in [0.1, 0.15) is 29.6 Å². The fourth-order valence-corrected chi connectivity index (χ4v) is 5.61. The van der Waals surface area contributed by atoms with Crippen LogP contribution in [0.5, 0.6) is 5.75 Å². The number of nitrogens with zero attached hydrogens (tertiary/aromatic N) is 4. The average molecular weight is 535 g/mol. The number of benzene rings is 2. The summed E-state index contributed by atoms with van der Waals surface area (Å²) < 4.78 is 75.0. The van der Waals surface area contributed by atoms with Crippen LogP contribution >= 0.6 is 0 Å². The largest absolute Gasteiger partial charge is 0.479 e. The van der Waals surface area contributed by atoms with Gasteiger partial charge in [-0.1, -0.05) is 24.3 Å². The SMILES string of the molecule is CS(=O)(=O)N1CCN(c2cnn(-c3cc(F)cc(F)c3)c(=O)c2OC2Cc3ccccc3CC2F)CC1. The zero-order chi connectivity index (χ0) is 26.3. The normalized spacial score (nSPS) is 20.5. The van der Waals surface area contributed by atoms with E-state index in [0.717, 1.165) is 34.2 Å². The molecule has 0 spiro atoms. The molecular formula is C25H25F3N4O4S. The van der Waals surface area contributed by atoms with E-state index in [1.54, 1.807) is 4.90 Å². The van der Waals surface area contributed by atoms with Crippen LogP contribution < -0.4 is 15.2 Å². The van der Waals surface area contributed by atoms with Crippen molar-refractivity contribution in [3.05, 3.63) is 81.8 Å². The summed E-state index contributed by atoms with van der Waals surface area (Å²) in [6.45, 7) is 0.851. The quantitative estimate of drug-likeness (QED) is 0.500. The van der Waals surface area contributed by atoms with E-state index in [0.29, 0.717) is 6.07 Å². The molecule has 5 rings (SSSR count). The highest BCUT2D eigenvalue weighted by Crippen LogP contribution is 2.31. The predicted molar refractivity (Wildman–Crippen MR) is 132 cm³/mol. The molecule has 1 aliphatic heterocycles. The van der Waals surface area contributed by atoms with E-state index in [4.69, 9.17) is 4.74 Å². The summed E-state index contributed by atoms with van der Waals surface area (Å²) in [6, 6.07) is 10.0. The summed E-state index contributed by atoms with van der Waals surface area (Å²) in [5, 5.41) is 4.11. The monoisotopic (exact) mass is 534 g/mol. The van der Waals surface area contributed by atoms with Gasteiger partial charge in [0, 0.05) is 45.1 Å². The topological polar surface area (TPSA) is 84.7 Å². The van der Waals surface area contributed by atoms with E-state index >= 15 is 4.39 Å². The fourth-order valence-electron chi connectivity index (χ4n) is 4.78. The molecule has 0 N–H and O–H groups in total. The molecule has 37 heavy (non-hydrogen) atoms. The number of anilines is 1. The third kappa shape index (κ3) is 5.21. The van der Waals surface area contributed by atoms with Crippen LogP contribution in [0.4, 0.5) is 18.9 Å². The van der Waals surface area contributed by atoms with E-state index in [1.165, 1.54) is 10.5 Å². The number of rotatable bonds is 5. The molecule has 12 heteroatoms. The molecule has 2 aromatic carbocycles. The van der Waals surface area contributed by atoms with Crippen molar-refractivity contribution in [3.63, 3.8) is 0 Å². The smallest absolute Gasteiger partial charge is 0.316 e. The summed E-state index contributed by atoms with van der Waals surface area (Å²) in [6.07, 6.45) is 0.434. The number of fused-ring (bicyclic) bond motifs is 1. The van der Waals surface area contributed by atoms with Crippen molar-refractivity contribution in [2.45, 2.75) is 25.1 Å². The highest BCUT2D eigenvalue weighted by Gasteiger charge is 2.33. The summed E-state index contributed by atoms with van der Waals surface area (Å²) in [5.74, 6) is -1.99. The van der Waals surface area contributed by atoms with Crippen molar-refractivity contribution in [2.75, 3.05) is 37.3 Å². The van der Waals surface area contributed by atoms with Crippen LogP contribution in [0.15, 0.2) is 53.5 Å². The Balaban J connectivity index is 1.54. The Hall–Kier alpha value is -3.38. The Kier molecular flexibility index (Phi) is 6.71. The van der Waals surface area contributed by atoms with Crippen LogP contribution in [0.25, 0.3) is 5.69 Å². The molecule has 8 nitrogen and oxygen atoms in total. The molecule has 3 aromatic rings. The maximum atomic E-state index is 15.2. The van der Waals surface area contributed by atoms with Gasteiger partial charge in [0.2, 0.25) is 15.8 Å². The first-order valence-electron chi connectivity index (χ1n) is 11.8. The lowest BCUT2D eigenvalue weighted by Gasteiger charge is -2.36. The molecule has 2 atom stereocenters. The van der Waals surface area contributed by atoms with Crippen LogP contribution in [-0.2, 0) is 22.9 Å². The van der Waals surface area contributed by atoms with Crippen molar-refractivity contribution < 1.29 is 26.3 Å². The molecule has 0 bridgehead atoms. The van der Waals surface area contributed by atoms with Gasteiger partial charge < -0.3 is 9.64 Å². The van der Waals surface area contributed by atoms with Crippen molar-refractivity contribution in [1.82, 2.24) is 14.1 Å². The van der Waals surface area contributed by atoms with E-state index in [1.807, 2.05) is 24.3 Å². The van der Waals surface area contributed by atoms with Gasteiger partial charge in [-0.25, -0.2) is 21.6 Å². The lowest BCUT2D eigenvalue weighted by Crippen LogP contribution is -2.49. The van der Waals surface area contributed by atoms with E-state index < -0.39 is 39.5 Å². The first-order chi connectivity index (χ1) is 17.6. The van der Waals surface area contributed by atoms with Crippen LogP contribution in [0, 0.1) is 11.6 Å². The fraction of sp³-hybridized carbons (Fsp3) is 0.360. The van der Waals surface area contributed by atoms with Crippen molar-refractivity contribution in [2.24, 2.45) is 0 Å². The van der Waals surface area contributed by atoms with E-state index in [9.17, 15) is 22.0 Å². The van der Waals surface area contributed by atoms with Crippen molar-refractivity contribution in [3.8, 4) is 11.4 Å². The second-order valence-corrected chi connectivity index (χ2v) is 11.2. The minimum absolute atomic E-state index is 0.123. The van der Waals surface area contributed by atoms with Crippen LogP contribution in [-0.4, -0.2) is 67.2 Å². The minimum atomic E-state index is -3.39.